The fourth-order valence-electron chi connectivity index (χ4n) is 1.75. The fraction of sp³-hybridized carbons (Fsp3) is 0.133. The third kappa shape index (κ3) is 3.51. The molecule has 0 aliphatic rings. The van der Waals surface area contributed by atoms with Crippen LogP contribution in [0.4, 0.5) is 5.82 Å². The lowest BCUT2D eigenvalue weighted by Crippen LogP contribution is -2.06. The first-order valence-electron chi connectivity index (χ1n) is 6.31. The number of hydrogen-bond donors (Lipinski definition) is 1. The van der Waals surface area contributed by atoms with Crippen LogP contribution in [0, 0.1) is 0 Å². The second-order valence-electron chi connectivity index (χ2n) is 4.14. The molecule has 2 N–H and O–H groups in total. The number of nitrogens with two attached hydrogens (primary N) is 1. The van der Waals surface area contributed by atoms with Gasteiger partial charge in [-0.15, -0.1) is 0 Å². The molecular weight excluding hydrogens is 286 g/mol. The van der Waals surface area contributed by atoms with E-state index in [2.05, 4.69) is 9.97 Å². The quantitative estimate of drug-likeness (QED) is 0.512. The molecule has 1 aromatic heterocycles. The molecular formula is C15H15N3O4. The molecule has 0 atom stereocenters. The molecule has 7 nitrogen and oxygen atoms in total. The number of rotatable bonds is 5. The lowest BCUT2D eigenvalue weighted by atomic mass is 10.1. The summed E-state index contributed by atoms with van der Waals surface area (Å²) in [5, 5.41) is 0. The summed E-state index contributed by atoms with van der Waals surface area (Å²) in [7, 11) is 2.73. The maximum Gasteiger partial charge on any atom is 0.341 e. The number of aromatic nitrogens is 2. The predicted molar refractivity (Wildman–Crippen MR) is 80.0 cm³/mol. The maximum absolute atomic E-state index is 11.9. The van der Waals surface area contributed by atoms with Crippen molar-refractivity contribution in [2.24, 2.45) is 0 Å². The molecule has 0 fully saturated rings. The van der Waals surface area contributed by atoms with Gasteiger partial charge in [0.15, 0.2) is 0 Å². The average molecular weight is 301 g/mol. The number of anilines is 1. The molecule has 0 saturated heterocycles. The number of methoxy groups -OCH3 is 2. The standard InChI is InChI=1S/C15H15N3O4/c1-20-8-11(15(19)21-2)10-5-3-4-6-12(10)22-14-7-13(16)17-9-18-14/h3-9H,1-2H3,(H2,16,17,18). The maximum atomic E-state index is 11.9. The van der Waals surface area contributed by atoms with Gasteiger partial charge in [-0.25, -0.2) is 14.8 Å². The van der Waals surface area contributed by atoms with Crippen molar-refractivity contribution in [3.8, 4) is 11.6 Å². The van der Waals surface area contributed by atoms with Crippen molar-refractivity contribution in [1.29, 1.82) is 0 Å². The summed E-state index contributed by atoms with van der Waals surface area (Å²) >= 11 is 0. The molecule has 0 aliphatic heterocycles. The molecule has 0 amide bonds. The van der Waals surface area contributed by atoms with E-state index >= 15 is 0 Å². The summed E-state index contributed by atoms with van der Waals surface area (Å²) < 4.78 is 15.4. The first kappa shape index (κ1) is 15.3. The summed E-state index contributed by atoms with van der Waals surface area (Å²) in [6.45, 7) is 0. The van der Waals surface area contributed by atoms with Crippen molar-refractivity contribution in [1.82, 2.24) is 9.97 Å². The highest BCUT2D eigenvalue weighted by Crippen LogP contribution is 2.30. The summed E-state index contributed by atoms with van der Waals surface area (Å²) in [4.78, 5) is 19.6. The minimum atomic E-state index is -0.542. The van der Waals surface area contributed by atoms with Crippen LogP contribution in [0.1, 0.15) is 5.56 Å². The van der Waals surface area contributed by atoms with Crippen LogP contribution < -0.4 is 10.5 Å². The van der Waals surface area contributed by atoms with Gasteiger partial charge in [-0.2, -0.15) is 0 Å². The molecule has 22 heavy (non-hydrogen) atoms. The van der Waals surface area contributed by atoms with Gasteiger partial charge in [-0.3, -0.25) is 0 Å². The monoisotopic (exact) mass is 301 g/mol. The topological polar surface area (TPSA) is 96.6 Å². The number of ether oxygens (including phenoxy) is 3. The van der Waals surface area contributed by atoms with Crippen LogP contribution in [-0.2, 0) is 14.3 Å². The largest absolute Gasteiger partial charge is 0.503 e. The molecule has 0 saturated carbocycles. The Balaban J connectivity index is 2.41. The Morgan fingerprint density at radius 1 is 1.23 bits per heavy atom. The zero-order chi connectivity index (χ0) is 15.9. The SMILES string of the molecule is COC=C(C(=O)OC)c1ccccc1Oc1cc(N)ncn1. The third-order valence-electron chi connectivity index (χ3n) is 2.70. The Morgan fingerprint density at radius 3 is 2.68 bits per heavy atom. The van der Waals surface area contributed by atoms with E-state index < -0.39 is 5.97 Å². The van der Waals surface area contributed by atoms with Crippen LogP contribution in [0.5, 0.6) is 11.6 Å². The van der Waals surface area contributed by atoms with E-state index in [-0.39, 0.29) is 17.3 Å². The minimum absolute atomic E-state index is 0.225. The second kappa shape index (κ2) is 7.07. The van der Waals surface area contributed by atoms with E-state index in [1.165, 1.54) is 32.9 Å². The smallest absolute Gasteiger partial charge is 0.341 e. The molecule has 2 aromatic rings. The zero-order valence-electron chi connectivity index (χ0n) is 12.1. The first-order valence-corrected chi connectivity index (χ1v) is 6.31. The molecule has 1 heterocycles. The minimum Gasteiger partial charge on any atom is -0.503 e. The highest BCUT2D eigenvalue weighted by Gasteiger charge is 2.18. The molecule has 0 bridgehead atoms. The van der Waals surface area contributed by atoms with E-state index in [0.29, 0.717) is 11.3 Å². The van der Waals surface area contributed by atoms with Gasteiger partial charge in [0.25, 0.3) is 0 Å². The molecule has 0 spiro atoms. The number of carbonyl (C=O) groups is 1. The van der Waals surface area contributed by atoms with Gasteiger partial charge in [0.1, 0.15) is 23.5 Å². The number of nitrogen functional groups attached to an aromatic ring is 1. The van der Waals surface area contributed by atoms with Crippen LogP contribution >= 0.6 is 0 Å². The predicted octanol–water partition coefficient (Wildman–Crippen LogP) is 2.01. The van der Waals surface area contributed by atoms with Gasteiger partial charge in [-0.05, 0) is 6.07 Å². The number of hydrogen-bond acceptors (Lipinski definition) is 7. The summed E-state index contributed by atoms with van der Waals surface area (Å²) in [5.41, 5.74) is 6.32. The average Bonchev–Trinajstić information content (AvgIpc) is 2.53. The molecule has 0 unspecified atom stereocenters. The van der Waals surface area contributed by atoms with Crippen LogP contribution in [0.25, 0.3) is 5.57 Å². The van der Waals surface area contributed by atoms with Crippen molar-refractivity contribution < 1.29 is 19.0 Å². The Hall–Kier alpha value is -3.09. The summed E-state index contributed by atoms with van der Waals surface area (Å²) in [5.74, 6) is 0.416. The number of para-hydroxylation sites is 1. The molecule has 1 aromatic carbocycles. The van der Waals surface area contributed by atoms with Crippen molar-refractivity contribution in [3.63, 3.8) is 0 Å². The van der Waals surface area contributed by atoms with Crippen LogP contribution in [-0.4, -0.2) is 30.2 Å². The summed E-state index contributed by atoms with van der Waals surface area (Å²) in [6.07, 6.45) is 2.59. The number of esters is 1. The van der Waals surface area contributed by atoms with Crippen LogP contribution in [0.15, 0.2) is 42.9 Å². The van der Waals surface area contributed by atoms with Gasteiger partial charge in [0.05, 0.1) is 20.5 Å². The molecule has 7 heteroatoms. The Labute approximate surface area is 127 Å². The van der Waals surface area contributed by atoms with Gasteiger partial charge in [-0.1, -0.05) is 18.2 Å². The lowest BCUT2D eigenvalue weighted by Gasteiger charge is -2.12. The highest BCUT2D eigenvalue weighted by atomic mass is 16.5. The Kier molecular flexibility index (Phi) is 4.92. The van der Waals surface area contributed by atoms with Gasteiger partial charge in [0, 0.05) is 11.6 Å². The molecule has 114 valence electrons. The van der Waals surface area contributed by atoms with Gasteiger partial charge < -0.3 is 19.9 Å². The van der Waals surface area contributed by atoms with E-state index in [1.807, 2.05) is 0 Å². The third-order valence-corrected chi connectivity index (χ3v) is 2.70. The van der Waals surface area contributed by atoms with Crippen molar-refractivity contribution in [3.05, 3.63) is 48.5 Å². The van der Waals surface area contributed by atoms with E-state index in [9.17, 15) is 4.79 Å². The molecule has 2 rings (SSSR count). The zero-order valence-corrected chi connectivity index (χ0v) is 12.1. The van der Waals surface area contributed by atoms with Crippen molar-refractivity contribution in [2.75, 3.05) is 20.0 Å². The second-order valence-corrected chi connectivity index (χ2v) is 4.14. The van der Waals surface area contributed by atoms with E-state index in [0.717, 1.165) is 0 Å². The lowest BCUT2D eigenvalue weighted by molar-refractivity contribution is -0.133. The molecule has 0 radical (unpaired) electrons. The highest BCUT2D eigenvalue weighted by molar-refractivity contribution is 6.17. The van der Waals surface area contributed by atoms with E-state index in [4.69, 9.17) is 19.9 Å². The van der Waals surface area contributed by atoms with Gasteiger partial charge in [0.2, 0.25) is 5.88 Å². The first-order chi connectivity index (χ1) is 10.7. The fourth-order valence-corrected chi connectivity index (χ4v) is 1.75. The Morgan fingerprint density at radius 2 is 2.00 bits per heavy atom. The normalized spacial score (nSPS) is 10.9. The van der Waals surface area contributed by atoms with Gasteiger partial charge >= 0.3 is 5.97 Å². The van der Waals surface area contributed by atoms with Crippen LogP contribution in [0.2, 0.25) is 0 Å². The Bertz CT molecular complexity index is 701. The molecule has 0 aliphatic carbocycles. The summed E-state index contributed by atoms with van der Waals surface area (Å²) in [6, 6.07) is 8.42. The van der Waals surface area contributed by atoms with Crippen LogP contribution in [0.3, 0.4) is 0 Å². The number of carbonyl (C=O) groups excluding carboxylic acids is 1. The van der Waals surface area contributed by atoms with E-state index in [1.54, 1.807) is 24.3 Å². The number of nitrogens with zero attached hydrogens (tertiary/aromatic N) is 2. The van der Waals surface area contributed by atoms with Crippen molar-refractivity contribution in [2.45, 2.75) is 0 Å². The number of benzene rings is 1. The van der Waals surface area contributed by atoms with Crippen molar-refractivity contribution >= 4 is 17.4 Å².